The van der Waals surface area contributed by atoms with Crippen LogP contribution < -0.4 is 10.5 Å². The van der Waals surface area contributed by atoms with Gasteiger partial charge in [-0.15, -0.1) is 0 Å². The Hall–Kier alpha value is -1.52. The number of hydrogen-bond acceptors (Lipinski definition) is 3. The highest BCUT2D eigenvalue weighted by Crippen LogP contribution is 2.22. The van der Waals surface area contributed by atoms with Crippen LogP contribution in [0.1, 0.15) is 12.0 Å². The van der Waals surface area contributed by atoms with Gasteiger partial charge in [0.05, 0.1) is 12.9 Å². The topological polar surface area (TPSA) is 53.1 Å². The van der Waals surface area contributed by atoms with E-state index < -0.39 is 0 Å². The average molecular weight is 266 g/mol. The molecule has 18 heavy (non-hydrogen) atoms. The Morgan fingerprint density at radius 3 is 3.00 bits per heavy atom. The van der Waals surface area contributed by atoms with Crippen LogP contribution in [0.5, 0.6) is 5.75 Å². The maximum atomic E-state index is 5.90. The van der Waals surface area contributed by atoms with E-state index in [0.717, 1.165) is 24.3 Å². The van der Waals surface area contributed by atoms with Crippen molar-refractivity contribution < 1.29 is 4.74 Å². The number of aromatic nitrogens is 2. The zero-order valence-electron chi connectivity index (χ0n) is 10.1. The lowest BCUT2D eigenvalue weighted by atomic mass is 10.2. The summed E-state index contributed by atoms with van der Waals surface area (Å²) in [5.74, 6) is 0.813. The molecule has 2 rings (SSSR count). The van der Waals surface area contributed by atoms with Gasteiger partial charge in [-0.3, -0.25) is 0 Å². The molecule has 96 valence electrons. The fourth-order valence-electron chi connectivity index (χ4n) is 1.70. The van der Waals surface area contributed by atoms with Gasteiger partial charge in [0, 0.05) is 36.1 Å². The van der Waals surface area contributed by atoms with Gasteiger partial charge in [-0.05, 0) is 24.6 Å². The second-order valence-electron chi connectivity index (χ2n) is 3.96. The van der Waals surface area contributed by atoms with Crippen LogP contribution in [-0.4, -0.2) is 16.2 Å². The second-order valence-corrected chi connectivity index (χ2v) is 4.40. The summed E-state index contributed by atoms with van der Waals surface area (Å²) in [5.41, 5.74) is 6.59. The van der Waals surface area contributed by atoms with E-state index in [-0.39, 0.29) is 0 Å². The van der Waals surface area contributed by atoms with Gasteiger partial charge in [-0.2, -0.15) is 0 Å². The molecule has 0 aliphatic rings. The maximum Gasteiger partial charge on any atom is 0.123 e. The number of aryl methyl sites for hydroxylation is 1. The Morgan fingerprint density at radius 2 is 2.28 bits per heavy atom. The van der Waals surface area contributed by atoms with Crippen molar-refractivity contribution >= 4 is 11.6 Å². The van der Waals surface area contributed by atoms with E-state index in [1.165, 1.54) is 0 Å². The summed E-state index contributed by atoms with van der Waals surface area (Å²) in [6.07, 6.45) is 6.43. The zero-order chi connectivity index (χ0) is 12.8. The minimum Gasteiger partial charge on any atom is -0.493 e. The summed E-state index contributed by atoms with van der Waals surface area (Å²) in [6, 6.07) is 5.51. The number of rotatable bonds is 6. The third-order valence-corrected chi connectivity index (χ3v) is 2.85. The van der Waals surface area contributed by atoms with Crippen LogP contribution in [0.3, 0.4) is 0 Å². The normalized spacial score (nSPS) is 10.6. The maximum absolute atomic E-state index is 5.90. The molecule has 4 nitrogen and oxygen atoms in total. The Bertz CT molecular complexity index is 485. The van der Waals surface area contributed by atoms with Gasteiger partial charge >= 0.3 is 0 Å². The molecule has 1 aromatic heterocycles. The lowest BCUT2D eigenvalue weighted by molar-refractivity contribution is 0.299. The number of halogens is 1. The molecular weight excluding hydrogens is 250 g/mol. The molecule has 2 aromatic rings. The molecule has 1 heterocycles. The molecule has 0 aliphatic heterocycles. The van der Waals surface area contributed by atoms with E-state index >= 15 is 0 Å². The van der Waals surface area contributed by atoms with Crippen molar-refractivity contribution in [3.05, 3.63) is 47.5 Å². The highest BCUT2D eigenvalue weighted by Gasteiger charge is 2.03. The van der Waals surface area contributed by atoms with E-state index in [4.69, 9.17) is 22.1 Å². The Kier molecular flexibility index (Phi) is 4.61. The molecule has 1 aromatic carbocycles. The highest BCUT2D eigenvalue weighted by molar-refractivity contribution is 6.30. The molecule has 0 atom stereocenters. The van der Waals surface area contributed by atoms with Crippen LogP contribution in [0, 0.1) is 0 Å². The fourth-order valence-corrected chi connectivity index (χ4v) is 1.89. The summed E-state index contributed by atoms with van der Waals surface area (Å²) in [4.78, 5) is 3.99. The van der Waals surface area contributed by atoms with Crippen LogP contribution in [0.2, 0.25) is 5.02 Å². The first-order valence-corrected chi connectivity index (χ1v) is 6.24. The molecule has 5 heteroatoms. The summed E-state index contributed by atoms with van der Waals surface area (Å²) < 4.78 is 7.73. The van der Waals surface area contributed by atoms with Crippen molar-refractivity contribution in [1.82, 2.24) is 9.55 Å². The van der Waals surface area contributed by atoms with Gasteiger partial charge in [0.2, 0.25) is 0 Å². The molecule has 0 spiro atoms. The third-order valence-electron chi connectivity index (χ3n) is 2.62. The van der Waals surface area contributed by atoms with Crippen molar-refractivity contribution in [2.45, 2.75) is 19.5 Å². The molecule has 0 fully saturated rings. The smallest absolute Gasteiger partial charge is 0.123 e. The quantitative estimate of drug-likeness (QED) is 0.817. The van der Waals surface area contributed by atoms with Gasteiger partial charge in [0.25, 0.3) is 0 Å². The fraction of sp³-hybridized carbons (Fsp3) is 0.308. The summed E-state index contributed by atoms with van der Waals surface area (Å²) >= 11 is 5.90. The van der Waals surface area contributed by atoms with Crippen molar-refractivity contribution in [2.24, 2.45) is 5.73 Å². The molecule has 0 radical (unpaired) electrons. The van der Waals surface area contributed by atoms with E-state index in [0.29, 0.717) is 18.2 Å². The number of benzene rings is 1. The van der Waals surface area contributed by atoms with Gasteiger partial charge < -0.3 is 15.0 Å². The standard InChI is InChI=1S/C13H16ClN3O/c14-12-2-3-13(11(8-12)9-15)18-7-1-5-17-6-4-16-10-17/h2-4,6,8,10H,1,5,7,9,15H2. The number of imidazole rings is 1. The lowest BCUT2D eigenvalue weighted by Gasteiger charge is -2.10. The molecule has 0 unspecified atom stereocenters. The first kappa shape index (κ1) is 12.9. The second kappa shape index (κ2) is 6.42. The predicted octanol–water partition coefficient (Wildman–Crippen LogP) is 2.46. The van der Waals surface area contributed by atoms with E-state index in [1.807, 2.05) is 29.0 Å². The average Bonchev–Trinajstić information content (AvgIpc) is 2.89. The van der Waals surface area contributed by atoms with Crippen LogP contribution in [0.4, 0.5) is 0 Å². The van der Waals surface area contributed by atoms with Crippen LogP contribution >= 0.6 is 11.6 Å². The van der Waals surface area contributed by atoms with E-state index in [9.17, 15) is 0 Å². The third kappa shape index (κ3) is 3.48. The van der Waals surface area contributed by atoms with Gasteiger partial charge in [-0.1, -0.05) is 11.6 Å². The summed E-state index contributed by atoms with van der Waals surface area (Å²) in [7, 11) is 0. The number of nitrogens with two attached hydrogens (primary N) is 1. The number of hydrogen-bond donors (Lipinski definition) is 1. The first-order chi connectivity index (χ1) is 8.79. The van der Waals surface area contributed by atoms with Crippen molar-refractivity contribution in [2.75, 3.05) is 6.61 Å². The molecule has 0 saturated heterocycles. The number of ether oxygens (including phenoxy) is 1. The minimum absolute atomic E-state index is 0.428. The summed E-state index contributed by atoms with van der Waals surface area (Å²) in [5, 5.41) is 0.682. The van der Waals surface area contributed by atoms with E-state index in [2.05, 4.69) is 4.98 Å². The lowest BCUT2D eigenvalue weighted by Crippen LogP contribution is -2.06. The Morgan fingerprint density at radius 1 is 1.39 bits per heavy atom. The van der Waals surface area contributed by atoms with Gasteiger partial charge in [0.1, 0.15) is 5.75 Å². The van der Waals surface area contributed by atoms with Crippen LogP contribution in [0.15, 0.2) is 36.9 Å². The van der Waals surface area contributed by atoms with Crippen LogP contribution in [0.25, 0.3) is 0 Å². The first-order valence-electron chi connectivity index (χ1n) is 5.86. The minimum atomic E-state index is 0.428. The predicted molar refractivity (Wildman–Crippen MR) is 71.7 cm³/mol. The number of nitrogens with zero attached hydrogens (tertiary/aromatic N) is 2. The molecule has 0 amide bonds. The van der Waals surface area contributed by atoms with Crippen LogP contribution in [-0.2, 0) is 13.1 Å². The SMILES string of the molecule is NCc1cc(Cl)ccc1OCCCn1ccnc1. The van der Waals surface area contributed by atoms with Gasteiger partial charge in [-0.25, -0.2) is 4.98 Å². The molecule has 0 saturated carbocycles. The Labute approximate surface area is 111 Å². The highest BCUT2D eigenvalue weighted by atomic mass is 35.5. The molecular formula is C13H16ClN3O. The Balaban J connectivity index is 1.83. The monoisotopic (exact) mass is 265 g/mol. The van der Waals surface area contributed by atoms with Crippen molar-refractivity contribution in [3.63, 3.8) is 0 Å². The molecule has 0 bridgehead atoms. The molecule has 2 N–H and O–H groups in total. The molecule has 0 aliphatic carbocycles. The van der Waals surface area contributed by atoms with Crippen molar-refractivity contribution in [3.8, 4) is 5.75 Å². The zero-order valence-corrected chi connectivity index (χ0v) is 10.8. The van der Waals surface area contributed by atoms with E-state index in [1.54, 1.807) is 12.5 Å². The van der Waals surface area contributed by atoms with Gasteiger partial charge in [0.15, 0.2) is 0 Å². The van der Waals surface area contributed by atoms with Crippen molar-refractivity contribution in [1.29, 1.82) is 0 Å². The summed E-state index contributed by atoms with van der Waals surface area (Å²) in [6.45, 7) is 1.97. The largest absolute Gasteiger partial charge is 0.493 e.